The number of halogens is 2. The number of rotatable bonds is 6. The van der Waals surface area contributed by atoms with Gasteiger partial charge in [0.25, 0.3) is 0 Å². The molecule has 0 saturated carbocycles. The standard InChI is InChI=1S/C14H19ClN2O2S.ClH/c15-11-2-1-3-13(8-11)19-6-4-17-14(18)9-12-10-20-7-5-16-12;/h1-3,8,12,16H,4-7,9-10H2,(H,17,18);1H. The summed E-state index contributed by atoms with van der Waals surface area (Å²) in [6.07, 6.45) is 0.532. The lowest BCUT2D eigenvalue weighted by atomic mass is 10.2. The van der Waals surface area contributed by atoms with E-state index in [1.165, 1.54) is 0 Å². The molecule has 1 saturated heterocycles. The predicted octanol–water partition coefficient (Wildman–Crippen LogP) is 2.35. The van der Waals surface area contributed by atoms with Crippen LogP contribution < -0.4 is 15.4 Å². The van der Waals surface area contributed by atoms with E-state index in [1.54, 1.807) is 12.1 Å². The zero-order chi connectivity index (χ0) is 14.2. The van der Waals surface area contributed by atoms with Crippen molar-refractivity contribution in [2.45, 2.75) is 12.5 Å². The van der Waals surface area contributed by atoms with Gasteiger partial charge in [-0.25, -0.2) is 0 Å². The van der Waals surface area contributed by atoms with Crippen LogP contribution in [0.2, 0.25) is 5.02 Å². The van der Waals surface area contributed by atoms with Gasteiger partial charge < -0.3 is 15.4 Å². The highest BCUT2D eigenvalue weighted by molar-refractivity contribution is 7.99. The van der Waals surface area contributed by atoms with Crippen molar-refractivity contribution in [3.63, 3.8) is 0 Å². The average molecular weight is 351 g/mol. The topological polar surface area (TPSA) is 50.4 Å². The van der Waals surface area contributed by atoms with Crippen LogP contribution in [0, 0.1) is 0 Å². The molecule has 1 atom stereocenters. The number of benzene rings is 1. The van der Waals surface area contributed by atoms with Gasteiger partial charge in [0, 0.05) is 35.5 Å². The van der Waals surface area contributed by atoms with Gasteiger partial charge in [0.05, 0.1) is 6.54 Å². The molecule has 2 N–H and O–H groups in total. The van der Waals surface area contributed by atoms with Gasteiger partial charge in [0.2, 0.25) is 5.91 Å². The number of hydrogen-bond acceptors (Lipinski definition) is 4. The maximum atomic E-state index is 11.7. The van der Waals surface area contributed by atoms with Crippen molar-refractivity contribution in [1.29, 1.82) is 0 Å². The lowest BCUT2D eigenvalue weighted by Crippen LogP contribution is -2.41. The Morgan fingerprint density at radius 1 is 1.52 bits per heavy atom. The lowest BCUT2D eigenvalue weighted by Gasteiger charge is -2.22. The third-order valence-electron chi connectivity index (χ3n) is 2.92. The van der Waals surface area contributed by atoms with E-state index in [0.29, 0.717) is 30.6 Å². The smallest absolute Gasteiger partial charge is 0.221 e. The Hall–Kier alpha value is -0.620. The molecule has 1 aliphatic heterocycles. The van der Waals surface area contributed by atoms with Gasteiger partial charge in [-0.05, 0) is 18.2 Å². The number of amides is 1. The van der Waals surface area contributed by atoms with E-state index in [4.69, 9.17) is 16.3 Å². The van der Waals surface area contributed by atoms with Gasteiger partial charge in [0.1, 0.15) is 12.4 Å². The summed E-state index contributed by atoms with van der Waals surface area (Å²) >= 11 is 7.75. The van der Waals surface area contributed by atoms with Crippen LogP contribution in [0.5, 0.6) is 5.75 Å². The molecule has 1 fully saturated rings. The van der Waals surface area contributed by atoms with Crippen molar-refractivity contribution in [3.8, 4) is 5.75 Å². The van der Waals surface area contributed by atoms with Crippen LogP contribution in [-0.2, 0) is 4.79 Å². The number of nitrogens with one attached hydrogen (secondary N) is 2. The fourth-order valence-corrected chi connectivity index (χ4v) is 3.09. The van der Waals surface area contributed by atoms with E-state index in [2.05, 4.69) is 10.6 Å². The number of carbonyl (C=O) groups excluding carboxylic acids is 1. The summed E-state index contributed by atoms with van der Waals surface area (Å²) in [5.74, 6) is 2.93. The SMILES string of the molecule is Cl.O=C(CC1CSCCN1)NCCOc1cccc(Cl)c1. The largest absolute Gasteiger partial charge is 0.492 e. The van der Waals surface area contributed by atoms with Crippen LogP contribution in [0.1, 0.15) is 6.42 Å². The molecule has 0 bridgehead atoms. The number of ether oxygens (including phenoxy) is 1. The molecule has 1 aliphatic rings. The Bertz CT molecular complexity index is 443. The molecule has 21 heavy (non-hydrogen) atoms. The minimum absolute atomic E-state index is 0. The Labute approximate surface area is 140 Å². The molecule has 0 aliphatic carbocycles. The molecular weight excluding hydrogens is 331 g/mol. The highest BCUT2D eigenvalue weighted by Gasteiger charge is 2.16. The summed E-state index contributed by atoms with van der Waals surface area (Å²) in [7, 11) is 0. The third-order valence-corrected chi connectivity index (χ3v) is 4.29. The monoisotopic (exact) mass is 350 g/mol. The number of thioether (sulfide) groups is 1. The van der Waals surface area contributed by atoms with Crippen LogP contribution >= 0.6 is 35.8 Å². The molecule has 1 aromatic carbocycles. The molecule has 0 aromatic heterocycles. The number of carbonyl (C=O) groups is 1. The Morgan fingerprint density at radius 2 is 2.38 bits per heavy atom. The van der Waals surface area contributed by atoms with Gasteiger partial charge in [-0.2, -0.15) is 11.8 Å². The molecule has 2 rings (SSSR count). The summed E-state index contributed by atoms with van der Waals surface area (Å²) < 4.78 is 5.51. The first-order chi connectivity index (χ1) is 9.74. The average Bonchev–Trinajstić information content (AvgIpc) is 2.45. The van der Waals surface area contributed by atoms with E-state index in [-0.39, 0.29) is 18.3 Å². The van der Waals surface area contributed by atoms with Gasteiger partial charge >= 0.3 is 0 Å². The van der Waals surface area contributed by atoms with E-state index < -0.39 is 0 Å². The Kier molecular flexibility index (Phi) is 8.92. The zero-order valence-corrected chi connectivity index (χ0v) is 14.0. The van der Waals surface area contributed by atoms with Crippen LogP contribution in [-0.4, -0.2) is 43.2 Å². The maximum Gasteiger partial charge on any atom is 0.221 e. The Balaban J connectivity index is 0.00000220. The first-order valence-corrected chi connectivity index (χ1v) is 8.23. The molecule has 4 nitrogen and oxygen atoms in total. The first kappa shape index (κ1) is 18.4. The second-order valence-corrected chi connectivity index (χ2v) is 6.17. The van der Waals surface area contributed by atoms with Gasteiger partial charge in [-0.3, -0.25) is 4.79 Å². The van der Waals surface area contributed by atoms with Crippen molar-refractivity contribution in [2.24, 2.45) is 0 Å². The van der Waals surface area contributed by atoms with Crippen molar-refractivity contribution < 1.29 is 9.53 Å². The summed E-state index contributed by atoms with van der Waals surface area (Å²) in [6, 6.07) is 7.53. The van der Waals surface area contributed by atoms with Crippen molar-refractivity contribution in [2.75, 3.05) is 31.2 Å². The van der Waals surface area contributed by atoms with E-state index in [0.717, 1.165) is 23.8 Å². The van der Waals surface area contributed by atoms with E-state index in [9.17, 15) is 4.79 Å². The molecule has 1 unspecified atom stereocenters. The van der Waals surface area contributed by atoms with Gasteiger partial charge in [-0.1, -0.05) is 17.7 Å². The van der Waals surface area contributed by atoms with Crippen molar-refractivity contribution >= 4 is 41.7 Å². The minimum Gasteiger partial charge on any atom is -0.492 e. The fraction of sp³-hybridized carbons (Fsp3) is 0.500. The normalized spacial score (nSPS) is 17.7. The summed E-state index contributed by atoms with van der Waals surface area (Å²) in [4.78, 5) is 11.7. The van der Waals surface area contributed by atoms with Crippen molar-refractivity contribution in [3.05, 3.63) is 29.3 Å². The summed E-state index contributed by atoms with van der Waals surface area (Å²) in [5.41, 5.74) is 0. The minimum atomic E-state index is 0. The predicted molar refractivity (Wildman–Crippen MR) is 90.9 cm³/mol. The second-order valence-electron chi connectivity index (χ2n) is 4.59. The molecule has 1 aromatic rings. The van der Waals surface area contributed by atoms with Crippen LogP contribution in [0.4, 0.5) is 0 Å². The summed E-state index contributed by atoms with van der Waals surface area (Å²) in [5, 5.41) is 6.86. The molecule has 7 heteroatoms. The van der Waals surface area contributed by atoms with Crippen LogP contribution in [0.3, 0.4) is 0 Å². The Morgan fingerprint density at radius 3 is 3.10 bits per heavy atom. The van der Waals surface area contributed by atoms with Crippen LogP contribution in [0.15, 0.2) is 24.3 Å². The quantitative estimate of drug-likeness (QED) is 0.773. The van der Waals surface area contributed by atoms with Crippen LogP contribution in [0.25, 0.3) is 0 Å². The van der Waals surface area contributed by atoms with E-state index >= 15 is 0 Å². The highest BCUT2D eigenvalue weighted by atomic mass is 35.5. The number of hydrogen-bond donors (Lipinski definition) is 2. The fourth-order valence-electron chi connectivity index (χ4n) is 1.96. The maximum absolute atomic E-state index is 11.7. The first-order valence-electron chi connectivity index (χ1n) is 6.70. The third kappa shape index (κ3) is 7.27. The molecule has 1 amide bonds. The second kappa shape index (κ2) is 10.2. The molecular formula is C14H20Cl2N2O2S. The lowest BCUT2D eigenvalue weighted by molar-refractivity contribution is -0.121. The van der Waals surface area contributed by atoms with Gasteiger partial charge in [0.15, 0.2) is 0 Å². The van der Waals surface area contributed by atoms with Gasteiger partial charge in [-0.15, -0.1) is 12.4 Å². The van der Waals surface area contributed by atoms with Crippen molar-refractivity contribution in [1.82, 2.24) is 10.6 Å². The highest BCUT2D eigenvalue weighted by Crippen LogP contribution is 2.16. The zero-order valence-electron chi connectivity index (χ0n) is 11.6. The van der Waals surface area contributed by atoms with E-state index in [1.807, 2.05) is 23.9 Å². The molecule has 1 heterocycles. The molecule has 0 spiro atoms. The molecule has 118 valence electrons. The molecule has 0 radical (unpaired) electrons. The summed E-state index contributed by atoms with van der Waals surface area (Å²) in [6.45, 7) is 1.94.